The van der Waals surface area contributed by atoms with Crippen molar-refractivity contribution in [3.05, 3.63) is 28.4 Å². The Balaban J connectivity index is 2.37. The lowest BCUT2D eigenvalue weighted by atomic mass is 10.2. The molecule has 15 heavy (non-hydrogen) atoms. The van der Waals surface area contributed by atoms with Crippen LogP contribution < -0.4 is 5.69 Å². The molecule has 0 radical (unpaired) electrons. The number of nitrogens with zero attached hydrogens (tertiary/aromatic N) is 2. The number of alkyl halides is 1. The smallest absolute Gasteiger partial charge is 0.299 e. The van der Waals surface area contributed by atoms with Gasteiger partial charge in [0.2, 0.25) is 0 Å². The zero-order valence-electron chi connectivity index (χ0n) is 9.08. The Hall–Kier alpha value is -0.830. The van der Waals surface area contributed by atoms with E-state index in [2.05, 4.69) is 4.98 Å². The molecule has 0 fully saturated rings. The van der Waals surface area contributed by atoms with Crippen LogP contribution in [0.5, 0.6) is 0 Å². The van der Waals surface area contributed by atoms with Gasteiger partial charge < -0.3 is 0 Å². The second kappa shape index (κ2) is 6.62. The summed E-state index contributed by atoms with van der Waals surface area (Å²) in [5.41, 5.74) is 0.869. The van der Waals surface area contributed by atoms with E-state index in [0.717, 1.165) is 43.7 Å². The Labute approximate surface area is 95.1 Å². The number of aromatic nitrogens is 2. The Bertz CT molecular complexity index is 349. The monoisotopic (exact) mass is 228 g/mol. The van der Waals surface area contributed by atoms with Crippen molar-refractivity contribution in [1.82, 2.24) is 9.55 Å². The van der Waals surface area contributed by atoms with Crippen LogP contribution in [0.15, 0.2) is 17.2 Å². The Morgan fingerprint density at radius 2 is 2.07 bits per heavy atom. The molecule has 1 aromatic rings. The molecule has 1 aromatic heterocycles. The molecular weight excluding hydrogens is 212 g/mol. The minimum atomic E-state index is -0.155. The van der Waals surface area contributed by atoms with E-state index in [9.17, 15) is 4.79 Å². The van der Waals surface area contributed by atoms with Gasteiger partial charge in [-0.25, -0.2) is 9.78 Å². The van der Waals surface area contributed by atoms with Crippen molar-refractivity contribution in [2.45, 2.75) is 39.2 Å². The third-order valence-corrected chi connectivity index (χ3v) is 2.53. The number of aryl methyl sites for hydroxylation is 2. The first kappa shape index (κ1) is 12.2. The van der Waals surface area contributed by atoms with Gasteiger partial charge >= 0.3 is 5.69 Å². The van der Waals surface area contributed by atoms with Gasteiger partial charge in [0, 0.05) is 24.8 Å². The average molecular weight is 229 g/mol. The van der Waals surface area contributed by atoms with Crippen molar-refractivity contribution in [2.24, 2.45) is 0 Å². The largest absolute Gasteiger partial charge is 0.347 e. The first-order valence-electron chi connectivity index (χ1n) is 5.33. The van der Waals surface area contributed by atoms with E-state index in [-0.39, 0.29) is 5.69 Å². The van der Waals surface area contributed by atoms with E-state index in [1.807, 2.05) is 13.1 Å². The van der Waals surface area contributed by atoms with Crippen LogP contribution in [0.1, 0.15) is 31.2 Å². The fraction of sp³-hybridized carbons (Fsp3) is 0.636. The van der Waals surface area contributed by atoms with Gasteiger partial charge in [-0.2, -0.15) is 0 Å². The zero-order chi connectivity index (χ0) is 11.1. The fourth-order valence-electron chi connectivity index (χ4n) is 1.46. The molecule has 0 spiro atoms. The highest BCUT2D eigenvalue weighted by Gasteiger charge is 1.97. The molecule has 84 valence electrons. The molecule has 0 N–H and O–H groups in total. The van der Waals surface area contributed by atoms with Gasteiger partial charge in [0.1, 0.15) is 0 Å². The van der Waals surface area contributed by atoms with Gasteiger partial charge in [0.05, 0.1) is 0 Å². The Morgan fingerprint density at radius 3 is 2.80 bits per heavy atom. The number of hydrogen-bond acceptors (Lipinski definition) is 2. The first-order valence-corrected chi connectivity index (χ1v) is 5.86. The molecule has 0 aliphatic rings. The molecule has 0 aliphatic carbocycles. The summed E-state index contributed by atoms with van der Waals surface area (Å²) in [5, 5.41) is 0. The van der Waals surface area contributed by atoms with E-state index < -0.39 is 0 Å². The molecule has 0 bridgehead atoms. The highest BCUT2D eigenvalue weighted by Crippen LogP contribution is 2.02. The van der Waals surface area contributed by atoms with Crippen LogP contribution in [0.3, 0.4) is 0 Å². The SMILES string of the molecule is Cc1cnc(=O)n(CCCCCCCl)c1. The summed E-state index contributed by atoms with van der Waals surface area (Å²) in [4.78, 5) is 15.1. The van der Waals surface area contributed by atoms with Crippen molar-refractivity contribution in [1.29, 1.82) is 0 Å². The van der Waals surface area contributed by atoms with Crippen molar-refractivity contribution >= 4 is 11.6 Å². The van der Waals surface area contributed by atoms with E-state index in [0.29, 0.717) is 0 Å². The number of hydrogen-bond donors (Lipinski definition) is 0. The summed E-state index contributed by atoms with van der Waals surface area (Å²) in [6.45, 7) is 2.70. The van der Waals surface area contributed by atoms with Crippen LogP contribution in [0.25, 0.3) is 0 Å². The lowest BCUT2D eigenvalue weighted by Gasteiger charge is -2.04. The van der Waals surface area contributed by atoms with Gasteiger partial charge in [-0.15, -0.1) is 11.6 Å². The molecule has 0 unspecified atom stereocenters. The quantitative estimate of drug-likeness (QED) is 0.554. The molecule has 0 aromatic carbocycles. The first-order chi connectivity index (χ1) is 7.24. The second-order valence-electron chi connectivity index (χ2n) is 3.71. The van der Waals surface area contributed by atoms with Gasteiger partial charge in [0.25, 0.3) is 0 Å². The van der Waals surface area contributed by atoms with E-state index in [1.54, 1.807) is 10.8 Å². The van der Waals surface area contributed by atoms with Crippen LogP contribution in [-0.2, 0) is 6.54 Å². The molecular formula is C11H17ClN2O. The Kier molecular flexibility index (Phi) is 5.40. The number of halogens is 1. The lowest BCUT2D eigenvalue weighted by Crippen LogP contribution is -2.22. The fourth-order valence-corrected chi connectivity index (χ4v) is 1.64. The van der Waals surface area contributed by atoms with Crippen LogP contribution >= 0.6 is 11.6 Å². The third kappa shape index (κ3) is 4.47. The van der Waals surface area contributed by atoms with Gasteiger partial charge in [-0.3, -0.25) is 4.57 Å². The van der Waals surface area contributed by atoms with Crippen molar-refractivity contribution < 1.29 is 0 Å². The topological polar surface area (TPSA) is 34.9 Å². The van der Waals surface area contributed by atoms with Gasteiger partial charge in [-0.05, 0) is 25.3 Å². The molecule has 4 heteroatoms. The van der Waals surface area contributed by atoms with E-state index in [4.69, 9.17) is 11.6 Å². The van der Waals surface area contributed by atoms with Gasteiger partial charge in [0.15, 0.2) is 0 Å². The summed E-state index contributed by atoms with van der Waals surface area (Å²) in [5.74, 6) is 0.728. The maximum absolute atomic E-state index is 11.3. The minimum absolute atomic E-state index is 0.155. The highest BCUT2D eigenvalue weighted by atomic mass is 35.5. The predicted octanol–water partition coefficient (Wildman–Crippen LogP) is 2.35. The molecule has 0 saturated heterocycles. The Morgan fingerprint density at radius 1 is 1.33 bits per heavy atom. The van der Waals surface area contributed by atoms with E-state index >= 15 is 0 Å². The molecule has 0 amide bonds. The maximum atomic E-state index is 11.3. The summed E-state index contributed by atoms with van der Waals surface area (Å²) in [6.07, 6.45) is 7.79. The van der Waals surface area contributed by atoms with E-state index in [1.165, 1.54) is 0 Å². The normalized spacial score (nSPS) is 10.5. The average Bonchev–Trinajstić information content (AvgIpc) is 2.23. The standard InChI is InChI=1S/C11H17ClN2O/c1-10-8-13-11(15)14(9-10)7-5-3-2-4-6-12/h8-9H,2-7H2,1H3. The predicted molar refractivity (Wildman–Crippen MR) is 62.4 cm³/mol. The van der Waals surface area contributed by atoms with Crippen molar-refractivity contribution in [3.63, 3.8) is 0 Å². The van der Waals surface area contributed by atoms with Crippen LogP contribution in [0.2, 0.25) is 0 Å². The second-order valence-corrected chi connectivity index (χ2v) is 4.09. The molecule has 1 rings (SSSR count). The summed E-state index contributed by atoms with van der Waals surface area (Å²) >= 11 is 5.58. The zero-order valence-corrected chi connectivity index (χ0v) is 9.83. The van der Waals surface area contributed by atoms with Crippen LogP contribution in [-0.4, -0.2) is 15.4 Å². The maximum Gasteiger partial charge on any atom is 0.347 e. The van der Waals surface area contributed by atoms with Crippen LogP contribution in [0.4, 0.5) is 0 Å². The summed E-state index contributed by atoms with van der Waals surface area (Å²) < 4.78 is 1.68. The number of rotatable bonds is 6. The molecule has 0 saturated carbocycles. The minimum Gasteiger partial charge on any atom is -0.299 e. The highest BCUT2D eigenvalue weighted by molar-refractivity contribution is 6.17. The van der Waals surface area contributed by atoms with Crippen molar-refractivity contribution in [2.75, 3.05) is 5.88 Å². The number of unbranched alkanes of at least 4 members (excludes halogenated alkanes) is 3. The molecule has 1 heterocycles. The van der Waals surface area contributed by atoms with Gasteiger partial charge in [-0.1, -0.05) is 12.8 Å². The third-order valence-electron chi connectivity index (χ3n) is 2.27. The molecule has 0 atom stereocenters. The lowest BCUT2D eigenvalue weighted by molar-refractivity contribution is 0.561. The van der Waals surface area contributed by atoms with Crippen molar-refractivity contribution in [3.8, 4) is 0 Å². The summed E-state index contributed by atoms with van der Waals surface area (Å²) in [7, 11) is 0. The summed E-state index contributed by atoms with van der Waals surface area (Å²) in [6, 6.07) is 0. The molecule has 3 nitrogen and oxygen atoms in total. The van der Waals surface area contributed by atoms with Crippen LogP contribution in [0, 0.1) is 6.92 Å². The molecule has 0 aliphatic heterocycles.